The lowest BCUT2D eigenvalue weighted by Crippen LogP contribution is -2.51. The predicted molar refractivity (Wildman–Crippen MR) is 75.5 cm³/mol. The monoisotopic (exact) mass is 282 g/mol. The van der Waals surface area contributed by atoms with Crippen molar-refractivity contribution >= 4 is 17.5 Å². The molecule has 0 saturated carbocycles. The zero-order valence-electron chi connectivity index (χ0n) is 11.2. The molecule has 1 aliphatic rings. The van der Waals surface area contributed by atoms with Crippen LogP contribution in [0.1, 0.15) is 22.8 Å². The van der Waals surface area contributed by atoms with Crippen LogP contribution in [-0.2, 0) is 4.74 Å². The Hall–Kier alpha value is -1.10. The van der Waals surface area contributed by atoms with Crippen LogP contribution in [0.3, 0.4) is 0 Å². The Morgan fingerprint density at radius 2 is 2.32 bits per heavy atom. The van der Waals surface area contributed by atoms with Crippen molar-refractivity contribution in [1.82, 2.24) is 4.90 Å². The third-order valence-electron chi connectivity index (χ3n) is 3.40. The molecule has 0 aliphatic carbocycles. The molecule has 2 unspecified atom stereocenters. The molecule has 0 radical (unpaired) electrons. The number of morpholine rings is 1. The number of benzene rings is 1. The fraction of sp³-hybridized carbons (Fsp3) is 0.500. The molecular weight excluding hydrogens is 264 g/mol. The summed E-state index contributed by atoms with van der Waals surface area (Å²) in [6, 6.07) is 5.28. The summed E-state index contributed by atoms with van der Waals surface area (Å²) in [6.07, 6.45) is -0.0998. The number of nitrogens with zero attached hydrogens (tertiary/aromatic N) is 1. The van der Waals surface area contributed by atoms with Crippen molar-refractivity contribution in [3.8, 4) is 0 Å². The molecular formula is C14H19ClN2O2. The van der Waals surface area contributed by atoms with Gasteiger partial charge in [0.1, 0.15) is 0 Å². The second kappa shape index (κ2) is 5.90. The van der Waals surface area contributed by atoms with Crippen molar-refractivity contribution in [3.05, 3.63) is 34.3 Å². The Labute approximate surface area is 118 Å². The van der Waals surface area contributed by atoms with E-state index in [0.717, 1.165) is 5.56 Å². The molecule has 2 N–H and O–H groups in total. The highest BCUT2D eigenvalue weighted by Crippen LogP contribution is 2.19. The van der Waals surface area contributed by atoms with Crippen molar-refractivity contribution in [2.45, 2.75) is 26.0 Å². The minimum absolute atomic E-state index is 0.00560. The second-order valence-electron chi connectivity index (χ2n) is 4.98. The average molecular weight is 283 g/mol. The highest BCUT2D eigenvalue weighted by molar-refractivity contribution is 6.31. The van der Waals surface area contributed by atoms with Gasteiger partial charge in [-0.05, 0) is 31.5 Å². The molecule has 1 aromatic carbocycles. The first-order chi connectivity index (χ1) is 8.99. The molecule has 1 fully saturated rings. The fourth-order valence-corrected chi connectivity index (χ4v) is 2.35. The largest absolute Gasteiger partial charge is 0.373 e. The normalized spacial score (nSPS) is 21.3. The first kappa shape index (κ1) is 14.3. The second-order valence-corrected chi connectivity index (χ2v) is 5.42. The maximum atomic E-state index is 12.5. The summed E-state index contributed by atoms with van der Waals surface area (Å²) in [6.45, 7) is 5.45. The number of carbonyl (C=O) groups is 1. The van der Waals surface area contributed by atoms with E-state index < -0.39 is 0 Å². The van der Waals surface area contributed by atoms with Crippen LogP contribution in [0.15, 0.2) is 18.2 Å². The number of carbonyl (C=O) groups excluding carboxylic acids is 1. The Morgan fingerprint density at radius 3 is 3.00 bits per heavy atom. The van der Waals surface area contributed by atoms with E-state index in [2.05, 4.69) is 0 Å². The van der Waals surface area contributed by atoms with Crippen LogP contribution in [-0.4, -0.2) is 42.6 Å². The number of nitrogens with two attached hydrogens (primary N) is 1. The van der Waals surface area contributed by atoms with Gasteiger partial charge in [-0.2, -0.15) is 0 Å². The fourth-order valence-electron chi connectivity index (χ4n) is 2.17. The molecule has 4 nitrogen and oxygen atoms in total. The number of ether oxygens (including phenoxy) is 1. The smallest absolute Gasteiger partial charge is 0.254 e. The molecule has 19 heavy (non-hydrogen) atoms. The van der Waals surface area contributed by atoms with E-state index in [1.807, 2.05) is 19.9 Å². The first-order valence-corrected chi connectivity index (χ1v) is 6.79. The molecule has 0 bridgehead atoms. The third kappa shape index (κ3) is 3.26. The lowest BCUT2D eigenvalue weighted by molar-refractivity contribution is -0.0300. The Morgan fingerprint density at radius 1 is 1.58 bits per heavy atom. The Kier molecular flexibility index (Phi) is 4.45. The van der Waals surface area contributed by atoms with Gasteiger partial charge in [0, 0.05) is 29.7 Å². The highest BCUT2D eigenvalue weighted by atomic mass is 35.5. The van der Waals surface area contributed by atoms with E-state index in [4.69, 9.17) is 22.1 Å². The highest BCUT2D eigenvalue weighted by Gasteiger charge is 2.27. The number of amides is 1. The van der Waals surface area contributed by atoms with Crippen molar-refractivity contribution in [2.24, 2.45) is 5.73 Å². The number of hydrogen-bond acceptors (Lipinski definition) is 3. The van der Waals surface area contributed by atoms with Gasteiger partial charge >= 0.3 is 0 Å². The summed E-state index contributed by atoms with van der Waals surface area (Å²) in [5.74, 6) is -0.00560. The molecule has 104 valence electrons. The lowest BCUT2D eigenvalue weighted by atomic mass is 10.1. The minimum Gasteiger partial charge on any atom is -0.373 e. The van der Waals surface area contributed by atoms with E-state index in [1.165, 1.54) is 0 Å². The molecule has 1 amide bonds. The van der Waals surface area contributed by atoms with Gasteiger partial charge in [-0.25, -0.2) is 0 Å². The summed E-state index contributed by atoms with van der Waals surface area (Å²) >= 11 is 5.96. The summed E-state index contributed by atoms with van der Waals surface area (Å²) in [5.41, 5.74) is 7.42. The molecule has 1 heterocycles. The quantitative estimate of drug-likeness (QED) is 0.900. The van der Waals surface area contributed by atoms with Gasteiger partial charge < -0.3 is 15.4 Å². The van der Waals surface area contributed by atoms with Crippen LogP contribution in [0.25, 0.3) is 0 Å². The molecule has 1 aliphatic heterocycles. The van der Waals surface area contributed by atoms with Gasteiger partial charge in [0.05, 0.1) is 12.7 Å². The van der Waals surface area contributed by atoms with E-state index in [1.54, 1.807) is 17.0 Å². The van der Waals surface area contributed by atoms with Crippen LogP contribution < -0.4 is 5.73 Å². The van der Waals surface area contributed by atoms with Crippen LogP contribution in [0.5, 0.6) is 0 Å². The van der Waals surface area contributed by atoms with Gasteiger partial charge in [0.15, 0.2) is 0 Å². The van der Waals surface area contributed by atoms with Crippen LogP contribution in [0.2, 0.25) is 5.02 Å². The van der Waals surface area contributed by atoms with Crippen LogP contribution >= 0.6 is 11.6 Å². The molecule has 1 aromatic rings. The van der Waals surface area contributed by atoms with Gasteiger partial charge in [0.25, 0.3) is 5.91 Å². The summed E-state index contributed by atoms with van der Waals surface area (Å²) in [7, 11) is 0. The minimum atomic E-state index is -0.0998. The SMILES string of the molecule is Cc1ccc(Cl)cc1C(=O)N1CCOC(C(C)N)C1. The number of halogens is 1. The van der Waals surface area contributed by atoms with Crippen molar-refractivity contribution in [2.75, 3.05) is 19.7 Å². The van der Waals surface area contributed by atoms with Gasteiger partial charge in [-0.15, -0.1) is 0 Å². The maximum absolute atomic E-state index is 12.5. The Balaban J connectivity index is 2.17. The van der Waals surface area contributed by atoms with E-state index >= 15 is 0 Å². The van der Waals surface area contributed by atoms with Crippen molar-refractivity contribution in [1.29, 1.82) is 0 Å². The molecule has 0 aromatic heterocycles. The van der Waals surface area contributed by atoms with Crippen LogP contribution in [0.4, 0.5) is 0 Å². The number of hydrogen-bond donors (Lipinski definition) is 1. The Bertz CT molecular complexity index is 477. The summed E-state index contributed by atoms with van der Waals surface area (Å²) < 4.78 is 5.56. The lowest BCUT2D eigenvalue weighted by Gasteiger charge is -2.35. The molecule has 2 rings (SSSR count). The predicted octanol–water partition coefficient (Wildman–Crippen LogP) is 1.84. The molecule has 5 heteroatoms. The van der Waals surface area contributed by atoms with Gasteiger partial charge in [-0.1, -0.05) is 17.7 Å². The molecule has 1 saturated heterocycles. The topological polar surface area (TPSA) is 55.6 Å². The van der Waals surface area contributed by atoms with E-state index in [9.17, 15) is 4.79 Å². The van der Waals surface area contributed by atoms with Crippen molar-refractivity contribution < 1.29 is 9.53 Å². The zero-order chi connectivity index (χ0) is 14.0. The number of aryl methyl sites for hydroxylation is 1. The van der Waals surface area contributed by atoms with Gasteiger partial charge in [0.2, 0.25) is 0 Å². The van der Waals surface area contributed by atoms with Gasteiger partial charge in [-0.3, -0.25) is 4.79 Å². The average Bonchev–Trinajstić information content (AvgIpc) is 2.41. The first-order valence-electron chi connectivity index (χ1n) is 6.41. The third-order valence-corrected chi connectivity index (χ3v) is 3.63. The summed E-state index contributed by atoms with van der Waals surface area (Å²) in [5, 5.41) is 0.575. The maximum Gasteiger partial charge on any atom is 0.254 e. The van der Waals surface area contributed by atoms with E-state index in [-0.39, 0.29) is 18.1 Å². The number of rotatable bonds is 2. The van der Waals surface area contributed by atoms with E-state index in [0.29, 0.717) is 30.3 Å². The zero-order valence-corrected chi connectivity index (χ0v) is 12.0. The van der Waals surface area contributed by atoms with Crippen molar-refractivity contribution in [3.63, 3.8) is 0 Å². The molecule has 2 atom stereocenters. The van der Waals surface area contributed by atoms with Crippen LogP contribution in [0, 0.1) is 6.92 Å². The standard InChI is InChI=1S/C14H19ClN2O2/c1-9-3-4-11(15)7-12(9)14(18)17-5-6-19-13(8-17)10(2)16/h3-4,7,10,13H,5-6,8,16H2,1-2H3. The summed E-state index contributed by atoms with van der Waals surface area (Å²) in [4.78, 5) is 14.3. The molecule has 0 spiro atoms.